The molecule has 0 radical (unpaired) electrons. The number of carbonyl (C=O) groups is 1. The van der Waals surface area contributed by atoms with Crippen LogP contribution in [0.4, 0.5) is 0 Å². The molecule has 0 heterocycles. The Morgan fingerprint density at radius 1 is 1.12 bits per heavy atom. The largest absolute Gasteiger partial charge is 0.356 e. The quantitative estimate of drug-likeness (QED) is 0.754. The minimum absolute atomic E-state index is 0.167. The van der Waals surface area contributed by atoms with Crippen LogP contribution < -0.4 is 10.6 Å². The van der Waals surface area contributed by atoms with E-state index in [1.807, 2.05) is 6.92 Å². The molecule has 1 fully saturated rings. The average Bonchev–Trinajstić information content (AvgIpc) is 2.21. The van der Waals surface area contributed by atoms with Crippen molar-refractivity contribution in [1.82, 2.24) is 10.6 Å². The molecular formula is C13H26N2O. The predicted octanol–water partition coefficient (Wildman–Crippen LogP) is 2.22. The van der Waals surface area contributed by atoms with Gasteiger partial charge >= 0.3 is 0 Å². The molecule has 1 aliphatic rings. The van der Waals surface area contributed by atoms with Crippen molar-refractivity contribution in [2.75, 3.05) is 13.1 Å². The fourth-order valence-corrected chi connectivity index (χ4v) is 2.34. The van der Waals surface area contributed by atoms with Crippen LogP contribution in [-0.2, 0) is 4.79 Å². The molecule has 0 aromatic carbocycles. The Hall–Kier alpha value is -0.570. The van der Waals surface area contributed by atoms with E-state index in [1.165, 1.54) is 44.9 Å². The number of amides is 1. The highest BCUT2D eigenvalue weighted by Crippen LogP contribution is 2.16. The Labute approximate surface area is 99.4 Å². The Bertz CT molecular complexity index is 186. The van der Waals surface area contributed by atoms with Crippen molar-refractivity contribution < 1.29 is 4.79 Å². The number of hydrogen-bond acceptors (Lipinski definition) is 2. The van der Waals surface area contributed by atoms with E-state index in [2.05, 4.69) is 10.6 Å². The van der Waals surface area contributed by atoms with E-state index >= 15 is 0 Å². The van der Waals surface area contributed by atoms with Crippen LogP contribution in [0, 0.1) is 0 Å². The molecule has 3 heteroatoms. The topological polar surface area (TPSA) is 41.1 Å². The predicted molar refractivity (Wildman–Crippen MR) is 67.4 cm³/mol. The zero-order valence-electron chi connectivity index (χ0n) is 10.6. The summed E-state index contributed by atoms with van der Waals surface area (Å²) in [6.07, 6.45) is 10.1. The zero-order chi connectivity index (χ0) is 11.6. The van der Waals surface area contributed by atoms with Gasteiger partial charge in [-0.25, -0.2) is 0 Å². The lowest BCUT2D eigenvalue weighted by atomic mass is 9.97. The van der Waals surface area contributed by atoms with E-state index in [1.54, 1.807) is 0 Å². The molecule has 3 nitrogen and oxygen atoms in total. The van der Waals surface area contributed by atoms with E-state index in [0.717, 1.165) is 13.1 Å². The van der Waals surface area contributed by atoms with Crippen molar-refractivity contribution in [3.63, 3.8) is 0 Å². The molecule has 1 saturated carbocycles. The summed E-state index contributed by atoms with van der Waals surface area (Å²) in [6, 6.07) is 0.648. The van der Waals surface area contributed by atoms with E-state index in [9.17, 15) is 4.79 Å². The summed E-state index contributed by atoms with van der Waals surface area (Å²) in [6.45, 7) is 3.53. The van der Waals surface area contributed by atoms with E-state index in [0.29, 0.717) is 12.5 Å². The highest BCUT2D eigenvalue weighted by Gasteiger charge is 2.10. The van der Waals surface area contributed by atoms with Crippen LogP contribution in [0.1, 0.15) is 58.3 Å². The molecule has 0 spiro atoms. The first kappa shape index (κ1) is 13.5. The van der Waals surface area contributed by atoms with Gasteiger partial charge in [0.05, 0.1) is 0 Å². The summed E-state index contributed by atoms with van der Waals surface area (Å²) < 4.78 is 0. The Morgan fingerprint density at radius 3 is 2.38 bits per heavy atom. The zero-order valence-corrected chi connectivity index (χ0v) is 10.6. The van der Waals surface area contributed by atoms with Crippen LogP contribution in [0.25, 0.3) is 0 Å². The molecule has 0 aliphatic heterocycles. The second-order valence-corrected chi connectivity index (χ2v) is 4.70. The maximum Gasteiger partial charge on any atom is 0.221 e. The molecule has 0 atom stereocenters. The lowest BCUT2D eigenvalue weighted by molar-refractivity contribution is -0.120. The summed E-state index contributed by atoms with van der Waals surface area (Å²) in [5.41, 5.74) is 0. The van der Waals surface area contributed by atoms with Crippen LogP contribution in [0.2, 0.25) is 0 Å². The third-order valence-corrected chi connectivity index (χ3v) is 3.26. The van der Waals surface area contributed by atoms with Gasteiger partial charge in [0, 0.05) is 25.6 Å². The SMILES string of the molecule is CCNC(=O)CCNC1CCCCCCC1. The molecule has 94 valence electrons. The Kier molecular flexibility index (Phi) is 7.23. The minimum Gasteiger partial charge on any atom is -0.356 e. The highest BCUT2D eigenvalue weighted by molar-refractivity contribution is 5.75. The molecule has 1 aliphatic carbocycles. The van der Waals surface area contributed by atoms with Gasteiger partial charge in [-0.15, -0.1) is 0 Å². The fraction of sp³-hybridized carbons (Fsp3) is 0.923. The molecule has 0 aromatic rings. The van der Waals surface area contributed by atoms with Crippen molar-refractivity contribution in [2.24, 2.45) is 0 Å². The number of hydrogen-bond donors (Lipinski definition) is 2. The summed E-state index contributed by atoms with van der Waals surface area (Å²) in [4.78, 5) is 11.3. The van der Waals surface area contributed by atoms with E-state index < -0.39 is 0 Å². The van der Waals surface area contributed by atoms with Crippen LogP contribution in [-0.4, -0.2) is 25.0 Å². The van der Waals surface area contributed by atoms with Gasteiger partial charge in [-0.2, -0.15) is 0 Å². The first-order valence-corrected chi connectivity index (χ1v) is 6.83. The maximum absolute atomic E-state index is 11.3. The summed E-state index contributed by atoms with van der Waals surface area (Å²) in [5, 5.41) is 6.34. The number of nitrogens with one attached hydrogen (secondary N) is 2. The van der Waals surface area contributed by atoms with Gasteiger partial charge in [0.2, 0.25) is 5.91 Å². The van der Waals surface area contributed by atoms with Crippen molar-refractivity contribution in [3.8, 4) is 0 Å². The lowest BCUT2D eigenvalue weighted by Crippen LogP contribution is -2.34. The van der Waals surface area contributed by atoms with E-state index in [4.69, 9.17) is 0 Å². The van der Waals surface area contributed by atoms with Gasteiger partial charge in [-0.05, 0) is 19.8 Å². The first-order chi connectivity index (χ1) is 7.83. The number of carbonyl (C=O) groups excluding carboxylic acids is 1. The Morgan fingerprint density at radius 2 is 1.75 bits per heavy atom. The van der Waals surface area contributed by atoms with Gasteiger partial charge in [-0.1, -0.05) is 32.1 Å². The molecule has 0 aromatic heterocycles. The normalized spacial score (nSPS) is 18.8. The van der Waals surface area contributed by atoms with Gasteiger partial charge in [0.1, 0.15) is 0 Å². The van der Waals surface area contributed by atoms with Gasteiger partial charge < -0.3 is 10.6 Å². The lowest BCUT2D eigenvalue weighted by Gasteiger charge is -2.20. The molecule has 0 bridgehead atoms. The van der Waals surface area contributed by atoms with Crippen molar-refractivity contribution in [1.29, 1.82) is 0 Å². The van der Waals surface area contributed by atoms with Crippen molar-refractivity contribution in [3.05, 3.63) is 0 Å². The van der Waals surface area contributed by atoms with Gasteiger partial charge in [0.15, 0.2) is 0 Å². The van der Waals surface area contributed by atoms with Crippen LogP contribution in [0.15, 0.2) is 0 Å². The third kappa shape index (κ3) is 6.11. The van der Waals surface area contributed by atoms with Crippen molar-refractivity contribution >= 4 is 5.91 Å². The molecular weight excluding hydrogens is 200 g/mol. The summed E-state index contributed by atoms with van der Waals surface area (Å²) in [7, 11) is 0. The van der Waals surface area contributed by atoms with Crippen LogP contribution in [0.3, 0.4) is 0 Å². The first-order valence-electron chi connectivity index (χ1n) is 6.83. The number of rotatable bonds is 5. The smallest absolute Gasteiger partial charge is 0.221 e. The Balaban J connectivity index is 2.07. The van der Waals surface area contributed by atoms with Crippen LogP contribution in [0.5, 0.6) is 0 Å². The minimum atomic E-state index is 0.167. The second-order valence-electron chi connectivity index (χ2n) is 4.70. The van der Waals surface area contributed by atoms with Crippen LogP contribution >= 0.6 is 0 Å². The standard InChI is InChI=1S/C13H26N2O/c1-2-14-13(16)10-11-15-12-8-6-4-3-5-7-9-12/h12,15H,2-11H2,1H3,(H,14,16). The summed E-state index contributed by atoms with van der Waals surface area (Å²) in [5.74, 6) is 0.167. The molecule has 0 saturated heterocycles. The average molecular weight is 226 g/mol. The molecule has 16 heavy (non-hydrogen) atoms. The molecule has 0 unspecified atom stereocenters. The summed E-state index contributed by atoms with van der Waals surface area (Å²) >= 11 is 0. The molecule has 1 rings (SSSR count). The van der Waals surface area contributed by atoms with Crippen molar-refractivity contribution in [2.45, 2.75) is 64.3 Å². The van der Waals surface area contributed by atoms with E-state index in [-0.39, 0.29) is 5.91 Å². The molecule has 2 N–H and O–H groups in total. The monoisotopic (exact) mass is 226 g/mol. The maximum atomic E-state index is 11.3. The van der Waals surface area contributed by atoms with Gasteiger partial charge in [0.25, 0.3) is 0 Å². The third-order valence-electron chi connectivity index (χ3n) is 3.26. The highest BCUT2D eigenvalue weighted by atomic mass is 16.1. The fourth-order valence-electron chi connectivity index (χ4n) is 2.34. The van der Waals surface area contributed by atoms with Gasteiger partial charge in [-0.3, -0.25) is 4.79 Å². The molecule has 1 amide bonds. The second kappa shape index (κ2) is 8.57.